The number of ether oxygens (including phenoxy) is 1. The van der Waals surface area contributed by atoms with Gasteiger partial charge in [-0.3, -0.25) is 4.79 Å². The molecule has 0 spiro atoms. The largest absolute Gasteiger partial charge is 0.496 e. The zero-order chi connectivity index (χ0) is 20.6. The average molecular weight is 382 g/mol. The molecule has 0 saturated heterocycles. The molecule has 4 heteroatoms. The maximum absolute atomic E-state index is 12.5. The molecule has 4 nitrogen and oxygen atoms in total. The van der Waals surface area contributed by atoms with Crippen molar-refractivity contribution < 1.29 is 9.53 Å². The van der Waals surface area contributed by atoms with Gasteiger partial charge in [-0.1, -0.05) is 54.1 Å². The van der Waals surface area contributed by atoms with E-state index in [-0.39, 0.29) is 5.57 Å². The predicted octanol–water partition coefficient (Wildman–Crippen LogP) is 5.14. The van der Waals surface area contributed by atoms with Gasteiger partial charge in [-0.25, -0.2) is 0 Å². The van der Waals surface area contributed by atoms with E-state index < -0.39 is 5.91 Å². The van der Waals surface area contributed by atoms with Gasteiger partial charge in [-0.2, -0.15) is 5.26 Å². The van der Waals surface area contributed by atoms with E-state index in [1.807, 2.05) is 73.7 Å². The van der Waals surface area contributed by atoms with Gasteiger partial charge in [0.15, 0.2) is 0 Å². The summed E-state index contributed by atoms with van der Waals surface area (Å²) in [6.45, 7) is 1.98. The fourth-order valence-electron chi connectivity index (χ4n) is 2.99. The standard InChI is InChI=1S/C25H22N2O2/c1-18-8-11-23(12-9-18)27-25(28)22(17-26)16-20-10-13-24(29-2)21(15-20)14-19-6-4-3-5-7-19/h3-13,15-16H,14H2,1-2H3,(H,27,28)/b22-16-. The molecule has 0 bridgehead atoms. The van der Waals surface area contributed by atoms with Crippen LogP contribution < -0.4 is 10.1 Å². The van der Waals surface area contributed by atoms with Crippen LogP contribution in [0.5, 0.6) is 5.75 Å². The molecule has 144 valence electrons. The molecule has 0 fully saturated rings. The van der Waals surface area contributed by atoms with Crippen LogP contribution in [0.1, 0.15) is 22.3 Å². The zero-order valence-corrected chi connectivity index (χ0v) is 16.5. The third-order valence-electron chi connectivity index (χ3n) is 4.53. The van der Waals surface area contributed by atoms with Gasteiger partial charge < -0.3 is 10.1 Å². The number of rotatable bonds is 6. The molecule has 3 aromatic carbocycles. The summed E-state index contributed by atoms with van der Waals surface area (Å²) >= 11 is 0. The van der Waals surface area contributed by atoms with Crippen molar-refractivity contribution in [3.05, 3.63) is 101 Å². The summed E-state index contributed by atoms with van der Waals surface area (Å²) in [6.07, 6.45) is 2.29. The van der Waals surface area contributed by atoms with E-state index in [0.717, 1.165) is 28.0 Å². The second kappa shape index (κ2) is 9.38. The van der Waals surface area contributed by atoms with Crippen molar-refractivity contribution >= 4 is 17.7 Å². The van der Waals surface area contributed by atoms with Crippen LogP contribution in [0.2, 0.25) is 0 Å². The first-order valence-corrected chi connectivity index (χ1v) is 9.29. The smallest absolute Gasteiger partial charge is 0.266 e. The lowest BCUT2D eigenvalue weighted by atomic mass is 10.0. The van der Waals surface area contributed by atoms with E-state index in [4.69, 9.17) is 4.74 Å². The second-order valence-corrected chi connectivity index (χ2v) is 6.72. The molecule has 0 heterocycles. The molecule has 0 saturated carbocycles. The number of hydrogen-bond donors (Lipinski definition) is 1. The first kappa shape index (κ1) is 19.9. The lowest BCUT2D eigenvalue weighted by Gasteiger charge is -2.10. The van der Waals surface area contributed by atoms with Gasteiger partial charge in [0.25, 0.3) is 5.91 Å². The summed E-state index contributed by atoms with van der Waals surface area (Å²) in [7, 11) is 1.63. The number of carbonyl (C=O) groups is 1. The van der Waals surface area contributed by atoms with Gasteiger partial charge in [0.1, 0.15) is 17.4 Å². The van der Waals surface area contributed by atoms with Gasteiger partial charge >= 0.3 is 0 Å². The molecule has 0 radical (unpaired) electrons. The highest BCUT2D eigenvalue weighted by Crippen LogP contribution is 2.24. The Morgan fingerprint density at radius 1 is 1.07 bits per heavy atom. The van der Waals surface area contributed by atoms with Crippen molar-refractivity contribution in [2.24, 2.45) is 0 Å². The quantitative estimate of drug-likeness (QED) is 0.474. The Morgan fingerprint density at radius 3 is 2.45 bits per heavy atom. The third kappa shape index (κ3) is 5.33. The lowest BCUT2D eigenvalue weighted by Crippen LogP contribution is -2.13. The average Bonchev–Trinajstić information content (AvgIpc) is 2.74. The van der Waals surface area contributed by atoms with Crippen LogP contribution in [0.4, 0.5) is 5.69 Å². The highest BCUT2D eigenvalue weighted by Gasteiger charge is 2.11. The Kier molecular flexibility index (Phi) is 6.44. The first-order valence-electron chi connectivity index (χ1n) is 9.29. The van der Waals surface area contributed by atoms with Crippen molar-refractivity contribution in [2.75, 3.05) is 12.4 Å². The van der Waals surface area contributed by atoms with E-state index in [9.17, 15) is 10.1 Å². The molecule has 0 atom stereocenters. The summed E-state index contributed by atoms with van der Waals surface area (Å²) in [5.41, 5.74) is 4.71. The number of nitrogens with zero attached hydrogens (tertiary/aromatic N) is 1. The molecule has 29 heavy (non-hydrogen) atoms. The third-order valence-corrected chi connectivity index (χ3v) is 4.53. The Balaban J connectivity index is 1.84. The lowest BCUT2D eigenvalue weighted by molar-refractivity contribution is -0.112. The molecule has 0 aliphatic carbocycles. The van der Waals surface area contributed by atoms with E-state index in [1.54, 1.807) is 13.2 Å². The number of amides is 1. The molecule has 1 amide bonds. The second-order valence-electron chi connectivity index (χ2n) is 6.72. The van der Waals surface area contributed by atoms with Crippen molar-refractivity contribution in [1.29, 1.82) is 5.26 Å². The summed E-state index contributed by atoms with van der Waals surface area (Å²) in [5.74, 6) is 0.338. The minimum absolute atomic E-state index is 0.0430. The van der Waals surface area contributed by atoms with Crippen molar-refractivity contribution in [2.45, 2.75) is 13.3 Å². The molecule has 0 aromatic heterocycles. The predicted molar refractivity (Wildman–Crippen MR) is 116 cm³/mol. The summed E-state index contributed by atoms with van der Waals surface area (Å²) in [6, 6.07) is 25.2. The molecular formula is C25H22N2O2. The monoisotopic (exact) mass is 382 g/mol. The Morgan fingerprint density at radius 2 is 1.79 bits per heavy atom. The minimum Gasteiger partial charge on any atom is -0.496 e. The van der Waals surface area contributed by atoms with E-state index in [0.29, 0.717) is 12.1 Å². The Hall–Kier alpha value is -3.84. The number of nitriles is 1. The molecular weight excluding hydrogens is 360 g/mol. The maximum Gasteiger partial charge on any atom is 0.266 e. The fourth-order valence-corrected chi connectivity index (χ4v) is 2.99. The van der Waals surface area contributed by atoms with Crippen molar-refractivity contribution in [1.82, 2.24) is 0 Å². The van der Waals surface area contributed by atoms with Gasteiger partial charge in [0, 0.05) is 12.1 Å². The van der Waals surface area contributed by atoms with Crippen LogP contribution in [0.25, 0.3) is 6.08 Å². The highest BCUT2D eigenvalue weighted by atomic mass is 16.5. The number of nitrogens with one attached hydrogen (secondary N) is 1. The number of anilines is 1. The molecule has 3 rings (SSSR count). The first-order chi connectivity index (χ1) is 14.1. The van der Waals surface area contributed by atoms with E-state index in [1.165, 1.54) is 0 Å². The molecule has 0 unspecified atom stereocenters. The molecule has 3 aromatic rings. The number of aryl methyl sites for hydroxylation is 1. The van der Waals surface area contributed by atoms with Crippen LogP contribution in [0.3, 0.4) is 0 Å². The van der Waals surface area contributed by atoms with E-state index >= 15 is 0 Å². The maximum atomic E-state index is 12.5. The van der Waals surface area contributed by atoms with Crippen LogP contribution >= 0.6 is 0 Å². The fraction of sp³-hybridized carbons (Fsp3) is 0.120. The van der Waals surface area contributed by atoms with E-state index in [2.05, 4.69) is 17.4 Å². The number of benzene rings is 3. The summed E-state index contributed by atoms with van der Waals surface area (Å²) in [5, 5.41) is 12.2. The number of methoxy groups -OCH3 is 1. The molecule has 1 N–H and O–H groups in total. The zero-order valence-electron chi connectivity index (χ0n) is 16.5. The SMILES string of the molecule is COc1ccc(/C=C(/C#N)C(=O)Nc2ccc(C)cc2)cc1Cc1ccccc1. The Bertz CT molecular complexity index is 1060. The van der Waals surface area contributed by atoms with Crippen LogP contribution in [-0.2, 0) is 11.2 Å². The number of carbonyl (C=O) groups excluding carboxylic acids is 1. The van der Waals surface area contributed by atoms with Crippen LogP contribution in [0.15, 0.2) is 78.4 Å². The number of hydrogen-bond acceptors (Lipinski definition) is 3. The highest BCUT2D eigenvalue weighted by molar-refractivity contribution is 6.09. The minimum atomic E-state index is -0.434. The molecule has 0 aliphatic heterocycles. The van der Waals surface area contributed by atoms with Gasteiger partial charge in [-0.15, -0.1) is 0 Å². The van der Waals surface area contributed by atoms with Gasteiger partial charge in [0.2, 0.25) is 0 Å². The van der Waals surface area contributed by atoms with Crippen molar-refractivity contribution in [3.8, 4) is 11.8 Å². The summed E-state index contributed by atoms with van der Waals surface area (Å²) in [4.78, 5) is 12.5. The van der Waals surface area contributed by atoms with Gasteiger partial charge in [-0.05, 0) is 54.0 Å². The van der Waals surface area contributed by atoms with Gasteiger partial charge in [0.05, 0.1) is 7.11 Å². The topological polar surface area (TPSA) is 62.1 Å². The van der Waals surface area contributed by atoms with Crippen LogP contribution in [-0.4, -0.2) is 13.0 Å². The molecule has 0 aliphatic rings. The summed E-state index contributed by atoms with van der Waals surface area (Å²) < 4.78 is 5.47. The van der Waals surface area contributed by atoms with Crippen LogP contribution in [0, 0.1) is 18.3 Å². The van der Waals surface area contributed by atoms with Crippen molar-refractivity contribution in [3.63, 3.8) is 0 Å². The Labute approximate surface area is 171 Å². The normalized spacial score (nSPS) is 10.9.